The number of carbonyl (C=O) groups is 2. The molecule has 1 aromatic rings. The number of carbonyl (C=O) groups excluding carboxylic acids is 2. The topological polar surface area (TPSA) is 64.7 Å². The van der Waals surface area contributed by atoms with Gasteiger partial charge in [-0.2, -0.15) is 0 Å². The summed E-state index contributed by atoms with van der Waals surface area (Å²) in [7, 11) is 0. The number of amides is 2. The van der Waals surface area contributed by atoms with E-state index in [2.05, 4.69) is 27.4 Å². The lowest BCUT2D eigenvalue weighted by Crippen LogP contribution is -2.46. The van der Waals surface area contributed by atoms with Crippen LogP contribution in [0.1, 0.15) is 55.8 Å². The van der Waals surface area contributed by atoms with Crippen LogP contribution in [0.4, 0.5) is 5.69 Å². The van der Waals surface area contributed by atoms with E-state index in [9.17, 15) is 9.59 Å². The van der Waals surface area contributed by atoms with E-state index in [1.807, 2.05) is 18.2 Å². The Morgan fingerprint density at radius 1 is 1.17 bits per heavy atom. The molecule has 7 heteroatoms. The van der Waals surface area contributed by atoms with Crippen LogP contribution in [-0.4, -0.2) is 65.8 Å². The summed E-state index contributed by atoms with van der Waals surface area (Å²) in [5.41, 5.74) is 1.36. The Morgan fingerprint density at radius 3 is 2.76 bits per heavy atom. The fourth-order valence-corrected chi connectivity index (χ4v) is 5.69. The van der Waals surface area contributed by atoms with Gasteiger partial charge in [-0.05, 0) is 70.4 Å². The summed E-state index contributed by atoms with van der Waals surface area (Å²) in [6, 6.07) is 6.25. The Balaban J connectivity index is 1.34. The van der Waals surface area contributed by atoms with Crippen LogP contribution in [0.5, 0.6) is 0 Å². The third-order valence-corrected chi connectivity index (χ3v) is 7.66. The molecule has 6 nitrogen and oxygen atoms in total. The van der Waals surface area contributed by atoms with Gasteiger partial charge in [0.2, 0.25) is 0 Å². The molecule has 0 aliphatic carbocycles. The molecule has 2 unspecified atom stereocenters. The molecule has 2 N–H and O–H groups in total. The number of nitrogens with zero attached hydrogens (tertiary/aromatic N) is 2. The number of benzene rings is 1. The first-order chi connectivity index (χ1) is 14.1. The van der Waals surface area contributed by atoms with Crippen LogP contribution in [0.25, 0.3) is 0 Å². The monoisotopic (exact) mass is 416 g/mol. The Morgan fingerprint density at radius 2 is 1.97 bits per heavy atom. The zero-order valence-corrected chi connectivity index (χ0v) is 18.1. The summed E-state index contributed by atoms with van der Waals surface area (Å²) >= 11 is 1.60. The first kappa shape index (κ1) is 20.7. The van der Waals surface area contributed by atoms with Gasteiger partial charge < -0.3 is 10.6 Å². The quantitative estimate of drug-likeness (QED) is 0.772. The van der Waals surface area contributed by atoms with Gasteiger partial charge in [0.15, 0.2) is 0 Å². The van der Waals surface area contributed by atoms with Crippen LogP contribution in [0.2, 0.25) is 0 Å². The standard InChI is InChI=1S/C22H32N4O2S/c1-16-7-3-6-11-25(16)14-10-23-20(27)17-8-9-19-18(15-17)24-21(28)22(29-19)26-12-4-2-5-13-26/h8-9,15-16,22H,2-7,10-14H2,1H3,(H,23,27)(H,24,28). The van der Waals surface area contributed by atoms with Crippen LogP contribution < -0.4 is 10.6 Å². The number of piperidine rings is 2. The van der Waals surface area contributed by atoms with Crippen LogP contribution in [0, 0.1) is 0 Å². The molecule has 0 spiro atoms. The Hall–Kier alpha value is -1.57. The Labute approximate surface area is 177 Å². The number of hydrogen-bond acceptors (Lipinski definition) is 5. The maximum atomic E-state index is 12.6. The molecule has 29 heavy (non-hydrogen) atoms. The first-order valence-electron chi connectivity index (χ1n) is 11.0. The number of rotatable bonds is 5. The van der Waals surface area contributed by atoms with Crippen LogP contribution >= 0.6 is 11.8 Å². The second-order valence-electron chi connectivity index (χ2n) is 8.40. The van der Waals surface area contributed by atoms with Gasteiger partial charge in [-0.25, -0.2) is 0 Å². The number of likely N-dealkylation sites (tertiary alicyclic amines) is 2. The van der Waals surface area contributed by atoms with Crippen molar-refractivity contribution in [3.63, 3.8) is 0 Å². The van der Waals surface area contributed by atoms with E-state index in [-0.39, 0.29) is 17.2 Å². The van der Waals surface area contributed by atoms with Crippen LogP contribution in [-0.2, 0) is 4.79 Å². The van der Waals surface area contributed by atoms with Crippen LogP contribution in [0.15, 0.2) is 23.1 Å². The highest BCUT2D eigenvalue weighted by molar-refractivity contribution is 8.00. The van der Waals surface area contributed by atoms with Crippen molar-refractivity contribution in [1.82, 2.24) is 15.1 Å². The molecule has 0 radical (unpaired) electrons. The van der Waals surface area contributed by atoms with Gasteiger partial charge in [0.25, 0.3) is 11.8 Å². The third-order valence-electron chi connectivity index (χ3n) is 6.31. The number of fused-ring (bicyclic) bond motifs is 1. The molecule has 0 bridgehead atoms. The first-order valence-corrected chi connectivity index (χ1v) is 11.9. The van der Waals surface area contributed by atoms with E-state index >= 15 is 0 Å². The molecule has 2 fully saturated rings. The van der Waals surface area contributed by atoms with E-state index in [4.69, 9.17) is 0 Å². The molecule has 2 atom stereocenters. The van der Waals surface area contributed by atoms with Gasteiger partial charge in [-0.15, -0.1) is 0 Å². The highest BCUT2D eigenvalue weighted by atomic mass is 32.2. The summed E-state index contributed by atoms with van der Waals surface area (Å²) in [5.74, 6) is -0.0455. The van der Waals surface area contributed by atoms with Crippen molar-refractivity contribution in [1.29, 1.82) is 0 Å². The largest absolute Gasteiger partial charge is 0.351 e. The maximum Gasteiger partial charge on any atom is 0.252 e. The highest BCUT2D eigenvalue weighted by Gasteiger charge is 2.33. The minimum Gasteiger partial charge on any atom is -0.351 e. The van der Waals surface area contributed by atoms with Gasteiger partial charge >= 0.3 is 0 Å². The lowest BCUT2D eigenvalue weighted by atomic mass is 10.0. The molecule has 3 aliphatic heterocycles. The zero-order chi connectivity index (χ0) is 20.2. The van der Waals surface area contributed by atoms with Crippen LogP contribution in [0.3, 0.4) is 0 Å². The SMILES string of the molecule is CC1CCCCN1CCNC(=O)c1ccc2c(c1)NC(=O)C(N1CCCCC1)S2. The third kappa shape index (κ3) is 4.95. The molecule has 0 saturated carbocycles. The lowest BCUT2D eigenvalue weighted by Gasteiger charge is -2.35. The van der Waals surface area contributed by atoms with Crippen molar-refractivity contribution in [3.8, 4) is 0 Å². The zero-order valence-electron chi connectivity index (χ0n) is 17.3. The summed E-state index contributed by atoms with van der Waals surface area (Å²) < 4.78 is 0. The number of nitrogens with one attached hydrogen (secondary N) is 2. The molecule has 4 rings (SSSR count). The van der Waals surface area contributed by atoms with E-state index in [1.54, 1.807) is 11.8 Å². The summed E-state index contributed by atoms with van der Waals surface area (Å²) in [6.07, 6.45) is 7.37. The van der Waals surface area contributed by atoms with Gasteiger partial charge in [-0.3, -0.25) is 19.4 Å². The molecule has 1 aromatic carbocycles. The van der Waals surface area contributed by atoms with Crippen molar-refractivity contribution in [2.75, 3.05) is 38.0 Å². The summed E-state index contributed by atoms with van der Waals surface area (Å²) in [6.45, 7) is 6.90. The predicted molar refractivity (Wildman–Crippen MR) is 117 cm³/mol. The molecule has 3 heterocycles. The van der Waals surface area contributed by atoms with E-state index < -0.39 is 0 Å². The van der Waals surface area contributed by atoms with Crippen molar-refractivity contribution >= 4 is 29.3 Å². The van der Waals surface area contributed by atoms with Crippen molar-refractivity contribution in [3.05, 3.63) is 23.8 Å². The van der Waals surface area contributed by atoms with E-state index in [0.29, 0.717) is 18.2 Å². The van der Waals surface area contributed by atoms with Gasteiger partial charge in [0, 0.05) is 29.6 Å². The molecule has 2 amide bonds. The molecule has 0 aromatic heterocycles. The molecular weight excluding hydrogens is 384 g/mol. The van der Waals surface area contributed by atoms with Crippen molar-refractivity contribution in [2.24, 2.45) is 0 Å². The minimum atomic E-state index is -0.158. The normalized spacial score (nSPS) is 25.9. The lowest BCUT2D eigenvalue weighted by molar-refractivity contribution is -0.118. The minimum absolute atomic E-state index is 0.0287. The number of hydrogen-bond donors (Lipinski definition) is 2. The summed E-state index contributed by atoms with van der Waals surface area (Å²) in [4.78, 5) is 31.0. The molecule has 158 valence electrons. The van der Waals surface area contributed by atoms with Crippen molar-refractivity contribution in [2.45, 2.75) is 61.8 Å². The average Bonchev–Trinajstić information content (AvgIpc) is 2.74. The molecular formula is C22H32N4O2S. The number of anilines is 1. The fourth-order valence-electron chi connectivity index (χ4n) is 4.54. The average molecular weight is 417 g/mol. The van der Waals surface area contributed by atoms with Gasteiger partial charge in [0.1, 0.15) is 5.37 Å². The smallest absolute Gasteiger partial charge is 0.252 e. The predicted octanol–water partition coefficient (Wildman–Crippen LogP) is 3.15. The fraction of sp³-hybridized carbons (Fsp3) is 0.636. The maximum absolute atomic E-state index is 12.6. The molecule has 3 aliphatic rings. The molecule has 2 saturated heterocycles. The number of thioether (sulfide) groups is 1. The second-order valence-corrected chi connectivity index (χ2v) is 9.53. The van der Waals surface area contributed by atoms with Gasteiger partial charge in [0.05, 0.1) is 5.69 Å². The Kier molecular flexibility index (Phi) is 6.77. The Bertz CT molecular complexity index is 750. The van der Waals surface area contributed by atoms with Gasteiger partial charge in [-0.1, -0.05) is 24.6 Å². The van der Waals surface area contributed by atoms with E-state index in [1.165, 1.54) is 25.7 Å². The highest BCUT2D eigenvalue weighted by Crippen LogP contribution is 2.38. The summed E-state index contributed by atoms with van der Waals surface area (Å²) in [5, 5.41) is 5.91. The van der Waals surface area contributed by atoms with Crippen molar-refractivity contribution < 1.29 is 9.59 Å². The second kappa shape index (κ2) is 9.49. The van der Waals surface area contributed by atoms with E-state index in [0.717, 1.165) is 49.6 Å².